The Hall–Kier alpha value is -4.60. The van der Waals surface area contributed by atoms with Crippen LogP contribution in [0.5, 0.6) is 0 Å². The molecule has 2 heterocycles. The Morgan fingerprint density at radius 1 is 0.432 bits per heavy atom. The summed E-state index contributed by atoms with van der Waals surface area (Å²) in [6.45, 7) is 0. The maximum atomic E-state index is 6.20. The predicted molar refractivity (Wildman–Crippen MR) is 152 cm³/mol. The van der Waals surface area contributed by atoms with E-state index >= 15 is 0 Å². The van der Waals surface area contributed by atoms with Crippen LogP contribution in [0.4, 0.5) is 0 Å². The molecule has 0 N–H and O–H groups in total. The first-order chi connectivity index (χ1) is 18.2. The monoisotopic (exact) mass is 495 g/mol. The first kappa shape index (κ1) is 22.8. The Morgan fingerprint density at radius 2 is 1.00 bits per heavy atom. The van der Waals surface area contributed by atoms with Gasteiger partial charge in [-0.2, -0.15) is 0 Å². The molecule has 0 aliphatic heterocycles. The average molecular weight is 496 g/mol. The lowest BCUT2D eigenvalue weighted by Gasteiger charge is -2.11. The number of aromatic nitrogens is 3. The Morgan fingerprint density at radius 3 is 1.59 bits per heavy atom. The van der Waals surface area contributed by atoms with Crippen LogP contribution in [0.25, 0.3) is 56.2 Å². The van der Waals surface area contributed by atoms with Crippen LogP contribution in [0.1, 0.15) is 0 Å². The molecule has 6 rings (SSSR count). The molecule has 0 fully saturated rings. The topological polar surface area (TPSA) is 38.7 Å². The van der Waals surface area contributed by atoms with E-state index in [1.807, 2.05) is 60.8 Å². The summed E-state index contributed by atoms with van der Waals surface area (Å²) in [6, 6.07) is 40.9. The molecule has 4 heteroatoms. The van der Waals surface area contributed by atoms with E-state index in [0.717, 1.165) is 55.4 Å². The fraction of sp³-hybridized carbons (Fsp3) is 0. The minimum absolute atomic E-state index is 0.698. The molecule has 176 valence electrons. The largest absolute Gasteiger partial charge is 0.264 e. The zero-order valence-corrected chi connectivity index (χ0v) is 20.7. The van der Waals surface area contributed by atoms with Crippen molar-refractivity contribution >= 4 is 11.6 Å². The van der Waals surface area contributed by atoms with Crippen LogP contribution in [0, 0.1) is 0 Å². The molecule has 0 atom stereocenters. The molecule has 0 amide bonds. The van der Waals surface area contributed by atoms with Crippen molar-refractivity contribution in [2.24, 2.45) is 0 Å². The summed E-state index contributed by atoms with van der Waals surface area (Å²) in [7, 11) is 0. The van der Waals surface area contributed by atoms with Crippen LogP contribution in [-0.4, -0.2) is 15.0 Å². The number of halogens is 1. The van der Waals surface area contributed by atoms with E-state index in [1.54, 1.807) is 6.20 Å². The van der Waals surface area contributed by atoms with Crippen molar-refractivity contribution < 1.29 is 0 Å². The molecule has 0 spiro atoms. The summed E-state index contributed by atoms with van der Waals surface area (Å²) in [5, 5.41) is 0.726. The summed E-state index contributed by atoms with van der Waals surface area (Å²) < 4.78 is 0. The van der Waals surface area contributed by atoms with Gasteiger partial charge in [0, 0.05) is 34.1 Å². The predicted octanol–water partition coefficient (Wildman–Crippen LogP) is 8.86. The van der Waals surface area contributed by atoms with Gasteiger partial charge in [-0.3, -0.25) is 4.98 Å². The first-order valence-corrected chi connectivity index (χ1v) is 12.4. The third-order valence-electron chi connectivity index (χ3n) is 6.27. The highest BCUT2D eigenvalue weighted by atomic mass is 35.5. The highest BCUT2D eigenvalue weighted by Gasteiger charge is 2.11. The molecular formula is C33H22ClN3. The zero-order chi connectivity index (χ0) is 25.0. The highest BCUT2D eigenvalue weighted by Crippen LogP contribution is 2.31. The van der Waals surface area contributed by atoms with Gasteiger partial charge in [0.15, 0.2) is 5.82 Å². The quantitative estimate of drug-likeness (QED) is 0.240. The molecule has 2 aromatic heterocycles. The van der Waals surface area contributed by atoms with Crippen molar-refractivity contribution in [3.05, 3.63) is 139 Å². The SMILES string of the molecule is Clc1cccc(-c2ccc(-c3cc(-c4ccc(-c5cccnc5)cc4)nc(-c4ccccc4)n3)cc2)c1. The molecule has 0 bridgehead atoms. The van der Waals surface area contributed by atoms with E-state index < -0.39 is 0 Å². The third kappa shape index (κ3) is 5.04. The molecule has 0 aliphatic rings. The molecule has 37 heavy (non-hydrogen) atoms. The lowest BCUT2D eigenvalue weighted by molar-refractivity contribution is 1.18. The van der Waals surface area contributed by atoms with Gasteiger partial charge in [0.1, 0.15) is 0 Å². The van der Waals surface area contributed by atoms with E-state index in [1.165, 1.54) is 0 Å². The second-order valence-electron chi connectivity index (χ2n) is 8.73. The zero-order valence-electron chi connectivity index (χ0n) is 19.9. The minimum Gasteiger partial charge on any atom is -0.264 e. The smallest absolute Gasteiger partial charge is 0.160 e. The molecule has 6 aromatic rings. The van der Waals surface area contributed by atoms with Crippen molar-refractivity contribution in [1.29, 1.82) is 0 Å². The standard InChI is InChI=1S/C33H22ClN3/c34-30-10-4-8-28(20-30)23-11-15-25(16-12-23)31-21-32(37-33(36-31)27-6-2-1-3-7-27)26-17-13-24(14-18-26)29-9-5-19-35-22-29/h1-22H. The van der Waals surface area contributed by atoms with Gasteiger partial charge >= 0.3 is 0 Å². The molecule has 0 saturated carbocycles. The minimum atomic E-state index is 0.698. The summed E-state index contributed by atoms with van der Waals surface area (Å²) in [6.07, 6.45) is 3.66. The van der Waals surface area contributed by atoms with Crippen molar-refractivity contribution in [2.75, 3.05) is 0 Å². The molecule has 0 radical (unpaired) electrons. The van der Waals surface area contributed by atoms with Crippen molar-refractivity contribution in [3.63, 3.8) is 0 Å². The maximum absolute atomic E-state index is 6.20. The van der Waals surface area contributed by atoms with Gasteiger partial charge in [0.2, 0.25) is 0 Å². The number of nitrogens with zero attached hydrogens (tertiary/aromatic N) is 3. The first-order valence-electron chi connectivity index (χ1n) is 12.0. The maximum Gasteiger partial charge on any atom is 0.160 e. The lowest BCUT2D eigenvalue weighted by atomic mass is 10.0. The highest BCUT2D eigenvalue weighted by molar-refractivity contribution is 6.30. The van der Waals surface area contributed by atoms with Crippen LogP contribution in [-0.2, 0) is 0 Å². The van der Waals surface area contributed by atoms with E-state index in [-0.39, 0.29) is 0 Å². The van der Waals surface area contributed by atoms with Crippen LogP contribution >= 0.6 is 11.6 Å². The summed E-state index contributed by atoms with van der Waals surface area (Å²) >= 11 is 6.20. The van der Waals surface area contributed by atoms with Crippen molar-refractivity contribution in [1.82, 2.24) is 15.0 Å². The van der Waals surface area contributed by atoms with E-state index in [2.05, 4.69) is 71.7 Å². The van der Waals surface area contributed by atoms with Gasteiger partial charge in [0.05, 0.1) is 11.4 Å². The van der Waals surface area contributed by atoms with Crippen LogP contribution < -0.4 is 0 Å². The second-order valence-corrected chi connectivity index (χ2v) is 9.17. The van der Waals surface area contributed by atoms with Crippen molar-refractivity contribution in [3.8, 4) is 56.2 Å². The fourth-order valence-electron chi connectivity index (χ4n) is 4.33. The van der Waals surface area contributed by atoms with E-state index in [4.69, 9.17) is 21.6 Å². The van der Waals surface area contributed by atoms with Crippen LogP contribution in [0.2, 0.25) is 5.02 Å². The Balaban J connectivity index is 1.41. The summed E-state index contributed by atoms with van der Waals surface area (Å²) in [5.74, 6) is 0.698. The van der Waals surface area contributed by atoms with Gasteiger partial charge in [-0.1, -0.05) is 109 Å². The molecule has 0 unspecified atom stereocenters. The third-order valence-corrected chi connectivity index (χ3v) is 6.51. The number of hydrogen-bond donors (Lipinski definition) is 0. The number of benzene rings is 4. The van der Waals surface area contributed by atoms with Crippen molar-refractivity contribution in [2.45, 2.75) is 0 Å². The molecule has 0 aliphatic carbocycles. The normalized spacial score (nSPS) is 10.8. The van der Waals surface area contributed by atoms with Gasteiger partial charge < -0.3 is 0 Å². The number of rotatable bonds is 5. The van der Waals surface area contributed by atoms with Gasteiger partial charge in [0.25, 0.3) is 0 Å². The lowest BCUT2D eigenvalue weighted by Crippen LogP contribution is -1.96. The fourth-order valence-corrected chi connectivity index (χ4v) is 4.52. The van der Waals surface area contributed by atoms with Crippen LogP contribution in [0.3, 0.4) is 0 Å². The van der Waals surface area contributed by atoms with Gasteiger partial charge in [-0.25, -0.2) is 9.97 Å². The summed E-state index contributed by atoms with van der Waals surface area (Å²) in [4.78, 5) is 14.1. The van der Waals surface area contributed by atoms with E-state index in [9.17, 15) is 0 Å². The number of hydrogen-bond acceptors (Lipinski definition) is 3. The number of pyridine rings is 1. The molecule has 0 saturated heterocycles. The summed E-state index contributed by atoms with van der Waals surface area (Å²) in [5.41, 5.74) is 9.18. The van der Waals surface area contributed by atoms with E-state index in [0.29, 0.717) is 5.82 Å². The molecular weight excluding hydrogens is 474 g/mol. The Labute approximate surface area is 221 Å². The Bertz CT molecular complexity index is 1650. The Kier molecular flexibility index (Phi) is 6.28. The molecule has 3 nitrogen and oxygen atoms in total. The van der Waals surface area contributed by atoms with Gasteiger partial charge in [-0.05, 0) is 46.5 Å². The van der Waals surface area contributed by atoms with Crippen LogP contribution in [0.15, 0.2) is 134 Å². The van der Waals surface area contributed by atoms with Gasteiger partial charge in [-0.15, -0.1) is 0 Å². The molecule has 4 aromatic carbocycles. The second kappa shape index (κ2) is 10.2. The average Bonchev–Trinajstić information content (AvgIpc) is 2.98.